The molecule has 0 saturated carbocycles. The molecule has 0 aliphatic carbocycles. The summed E-state index contributed by atoms with van der Waals surface area (Å²) in [6.45, 7) is 10.4. The lowest BCUT2D eigenvalue weighted by molar-refractivity contribution is 0.285. The van der Waals surface area contributed by atoms with Crippen molar-refractivity contribution in [2.75, 3.05) is 19.6 Å². The third-order valence-corrected chi connectivity index (χ3v) is 3.21. The average molecular weight is 198 g/mol. The van der Waals surface area contributed by atoms with Crippen LogP contribution < -0.4 is 5.73 Å². The van der Waals surface area contributed by atoms with Gasteiger partial charge in [-0.05, 0) is 31.2 Å². The summed E-state index contributed by atoms with van der Waals surface area (Å²) in [7, 11) is 0. The SMILES string of the molecule is CCC1CCN(CC(N)CC(C)C)C1. The second-order valence-corrected chi connectivity index (χ2v) is 5.21. The number of nitrogens with two attached hydrogens (primary N) is 1. The lowest BCUT2D eigenvalue weighted by Crippen LogP contribution is -2.37. The van der Waals surface area contributed by atoms with Gasteiger partial charge in [0.15, 0.2) is 0 Å². The molecule has 2 nitrogen and oxygen atoms in total. The van der Waals surface area contributed by atoms with Crippen LogP contribution in [0.3, 0.4) is 0 Å². The maximum atomic E-state index is 6.10. The van der Waals surface area contributed by atoms with Crippen molar-refractivity contribution in [1.29, 1.82) is 0 Å². The standard InChI is InChI=1S/C12H26N2/c1-4-11-5-6-14(8-11)9-12(13)7-10(2)3/h10-12H,4-9,13H2,1-3H3. The lowest BCUT2D eigenvalue weighted by atomic mass is 10.0. The Bertz CT molecular complexity index is 156. The Labute approximate surface area is 88.8 Å². The van der Waals surface area contributed by atoms with Gasteiger partial charge in [-0.3, -0.25) is 0 Å². The van der Waals surface area contributed by atoms with Crippen molar-refractivity contribution in [1.82, 2.24) is 4.90 Å². The molecule has 0 amide bonds. The molecule has 1 saturated heterocycles. The highest BCUT2D eigenvalue weighted by molar-refractivity contribution is 4.78. The predicted molar refractivity (Wildman–Crippen MR) is 62.3 cm³/mol. The monoisotopic (exact) mass is 198 g/mol. The van der Waals surface area contributed by atoms with Crippen LogP contribution in [0.4, 0.5) is 0 Å². The number of hydrogen-bond acceptors (Lipinski definition) is 2. The van der Waals surface area contributed by atoms with Gasteiger partial charge in [-0.15, -0.1) is 0 Å². The van der Waals surface area contributed by atoms with Crippen molar-refractivity contribution < 1.29 is 0 Å². The number of nitrogens with zero attached hydrogens (tertiary/aromatic N) is 1. The van der Waals surface area contributed by atoms with Gasteiger partial charge in [-0.2, -0.15) is 0 Å². The molecule has 1 fully saturated rings. The van der Waals surface area contributed by atoms with E-state index in [9.17, 15) is 0 Å². The first kappa shape index (κ1) is 12.0. The maximum Gasteiger partial charge on any atom is 0.0170 e. The molecule has 2 atom stereocenters. The number of likely N-dealkylation sites (tertiary alicyclic amines) is 1. The van der Waals surface area contributed by atoms with Crippen LogP contribution in [0, 0.1) is 11.8 Å². The molecule has 0 radical (unpaired) electrons. The van der Waals surface area contributed by atoms with Crippen LogP contribution in [0.15, 0.2) is 0 Å². The molecular formula is C12H26N2. The third-order valence-electron chi connectivity index (χ3n) is 3.21. The molecule has 0 aromatic carbocycles. The molecule has 2 N–H and O–H groups in total. The molecule has 2 unspecified atom stereocenters. The largest absolute Gasteiger partial charge is 0.327 e. The highest BCUT2D eigenvalue weighted by Crippen LogP contribution is 2.19. The molecule has 0 aromatic heterocycles. The highest BCUT2D eigenvalue weighted by Gasteiger charge is 2.22. The maximum absolute atomic E-state index is 6.10. The first-order chi connectivity index (χ1) is 6.61. The minimum atomic E-state index is 0.380. The Kier molecular flexibility index (Phi) is 4.90. The van der Waals surface area contributed by atoms with Crippen molar-refractivity contribution in [2.24, 2.45) is 17.6 Å². The van der Waals surface area contributed by atoms with E-state index in [1.807, 2.05) is 0 Å². The number of hydrogen-bond donors (Lipinski definition) is 1. The zero-order chi connectivity index (χ0) is 10.6. The molecular weight excluding hydrogens is 172 g/mol. The summed E-state index contributed by atoms with van der Waals surface area (Å²) in [6.07, 6.45) is 3.87. The molecule has 0 spiro atoms. The van der Waals surface area contributed by atoms with Crippen molar-refractivity contribution >= 4 is 0 Å². The molecule has 0 bridgehead atoms. The fourth-order valence-corrected chi connectivity index (χ4v) is 2.42. The summed E-state index contributed by atoms with van der Waals surface area (Å²) < 4.78 is 0. The topological polar surface area (TPSA) is 29.3 Å². The molecule has 1 aliphatic rings. The van der Waals surface area contributed by atoms with Gasteiger partial charge in [0, 0.05) is 19.1 Å². The molecule has 1 rings (SSSR count). The molecule has 1 aliphatic heterocycles. The van der Waals surface area contributed by atoms with Gasteiger partial charge in [0.2, 0.25) is 0 Å². The summed E-state index contributed by atoms with van der Waals surface area (Å²) in [5.41, 5.74) is 6.10. The van der Waals surface area contributed by atoms with E-state index in [4.69, 9.17) is 5.73 Å². The van der Waals surface area contributed by atoms with E-state index in [0.717, 1.165) is 24.8 Å². The Morgan fingerprint density at radius 2 is 2.14 bits per heavy atom. The van der Waals surface area contributed by atoms with Gasteiger partial charge in [0.1, 0.15) is 0 Å². The first-order valence-electron chi connectivity index (χ1n) is 6.09. The summed E-state index contributed by atoms with van der Waals surface area (Å²) in [6, 6.07) is 0.380. The fraction of sp³-hybridized carbons (Fsp3) is 1.00. The van der Waals surface area contributed by atoms with Gasteiger partial charge in [-0.1, -0.05) is 27.2 Å². The van der Waals surface area contributed by atoms with Gasteiger partial charge in [0.25, 0.3) is 0 Å². The Hall–Kier alpha value is -0.0800. The van der Waals surface area contributed by atoms with E-state index in [2.05, 4.69) is 25.7 Å². The molecule has 2 heteroatoms. The van der Waals surface area contributed by atoms with Crippen molar-refractivity contribution in [3.63, 3.8) is 0 Å². The van der Waals surface area contributed by atoms with E-state index in [0.29, 0.717) is 6.04 Å². The quantitative estimate of drug-likeness (QED) is 0.733. The third kappa shape index (κ3) is 3.97. The van der Waals surface area contributed by atoms with Gasteiger partial charge < -0.3 is 10.6 Å². The van der Waals surface area contributed by atoms with E-state index in [1.165, 1.54) is 25.9 Å². The average Bonchev–Trinajstić information content (AvgIpc) is 2.50. The molecule has 0 aromatic rings. The summed E-state index contributed by atoms with van der Waals surface area (Å²) in [5, 5.41) is 0. The first-order valence-corrected chi connectivity index (χ1v) is 6.09. The summed E-state index contributed by atoms with van der Waals surface area (Å²) in [5.74, 6) is 1.66. The summed E-state index contributed by atoms with van der Waals surface area (Å²) in [4.78, 5) is 2.54. The zero-order valence-corrected chi connectivity index (χ0v) is 10.00. The Morgan fingerprint density at radius 1 is 1.43 bits per heavy atom. The van der Waals surface area contributed by atoms with Crippen molar-refractivity contribution in [2.45, 2.75) is 46.1 Å². The van der Waals surface area contributed by atoms with Gasteiger partial charge in [0.05, 0.1) is 0 Å². The van der Waals surface area contributed by atoms with Gasteiger partial charge >= 0.3 is 0 Å². The van der Waals surface area contributed by atoms with Crippen LogP contribution in [0.25, 0.3) is 0 Å². The Balaban J connectivity index is 2.18. The van der Waals surface area contributed by atoms with Gasteiger partial charge in [-0.25, -0.2) is 0 Å². The minimum Gasteiger partial charge on any atom is -0.327 e. The van der Waals surface area contributed by atoms with Crippen LogP contribution >= 0.6 is 0 Å². The molecule has 1 heterocycles. The molecule has 14 heavy (non-hydrogen) atoms. The lowest BCUT2D eigenvalue weighted by Gasteiger charge is -2.21. The number of rotatable bonds is 5. The Morgan fingerprint density at radius 3 is 2.64 bits per heavy atom. The van der Waals surface area contributed by atoms with E-state index < -0.39 is 0 Å². The second kappa shape index (κ2) is 5.72. The summed E-state index contributed by atoms with van der Waals surface area (Å²) >= 11 is 0. The van der Waals surface area contributed by atoms with Crippen LogP contribution in [-0.2, 0) is 0 Å². The van der Waals surface area contributed by atoms with Crippen LogP contribution in [-0.4, -0.2) is 30.6 Å². The molecule has 84 valence electrons. The minimum absolute atomic E-state index is 0.380. The van der Waals surface area contributed by atoms with Crippen LogP contribution in [0.2, 0.25) is 0 Å². The fourth-order valence-electron chi connectivity index (χ4n) is 2.42. The smallest absolute Gasteiger partial charge is 0.0170 e. The normalized spacial score (nSPS) is 25.9. The zero-order valence-electron chi connectivity index (χ0n) is 10.00. The van der Waals surface area contributed by atoms with Crippen molar-refractivity contribution in [3.8, 4) is 0 Å². The van der Waals surface area contributed by atoms with Crippen LogP contribution in [0.5, 0.6) is 0 Å². The van der Waals surface area contributed by atoms with E-state index in [-0.39, 0.29) is 0 Å². The predicted octanol–water partition coefficient (Wildman–Crippen LogP) is 2.09. The highest BCUT2D eigenvalue weighted by atomic mass is 15.2. The van der Waals surface area contributed by atoms with Crippen molar-refractivity contribution in [3.05, 3.63) is 0 Å². The van der Waals surface area contributed by atoms with E-state index in [1.54, 1.807) is 0 Å². The van der Waals surface area contributed by atoms with E-state index >= 15 is 0 Å². The van der Waals surface area contributed by atoms with Crippen LogP contribution in [0.1, 0.15) is 40.0 Å². The second-order valence-electron chi connectivity index (χ2n) is 5.21.